The summed E-state index contributed by atoms with van der Waals surface area (Å²) in [7, 11) is 0. The Morgan fingerprint density at radius 2 is 2.07 bits per heavy atom. The van der Waals surface area contributed by atoms with Crippen LogP contribution in [0, 0.1) is 13.8 Å². The van der Waals surface area contributed by atoms with E-state index in [1.165, 1.54) is 36.9 Å². The number of aryl methyl sites for hydroxylation is 2. The third-order valence-electron chi connectivity index (χ3n) is 3.44. The predicted octanol–water partition coefficient (Wildman–Crippen LogP) is 2.10. The zero-order valence-corrected chi connectivity index (χ0v) is 9.77. The van der Waals surface area contributed by atoms with Gasteiger partial charge in [0.2, 0.25) is 0 Å². The topological polar surface area (TPSA) is 40.7 Å². The van der Waals surface area contributed by atoms with E-state index >= 15 is 0 Å². The van der Waals surface area contributed by atoms with Gasteiger partial charge >= 0.3 is 0 Å². The third-order valence-corrected chi connectivity index (χ3v) is 3.44. The molecule has 1 saturated carbocycles. The second-order valence-corrected chi connectivity index (χ2v) is 4.60. The molecule has 0 saturated heterocycles. The largest absolute Gasteiger partial charge is 0.314 e. The lowest BCUT2D eigenvalue weighted by Crippen LogP contribution is -2.28. The van der Waals surface area contributed by atoms with Crippen molar-refractivity contribution in [1.29, 1.82) is 0 Å². The van der Waals surface area contributed by atoms with Crippen molar-refractivity contribution in [3.05, 3.63) is 17.0 Å². The molecule has 1 aliphatic rings. The SMILES string of the molecule is Cc1n[nH]c(C)c1CCNC1CCCC1. The summed E-state index contributed by atoms with van der Waals surface area (Å²) >= 11 is 0. The van der Waals surface area contributed by atoms with Crippen LogP contribution in [0.15, 0.2) is 0 Å². The van der Waals surface area contributed by atoms with Crippen LogP contribution in [0.4, 0.5) is 0 Å². The smallest absolute Gasteiger partial charge is 0.0626 e. The molecule has 3 heteroatoms. The van der Waals surface area contributed by atoms with Gasteiger partial charge in [-0.15, -0.1) is 0 Å². The molecule has 0 unspecified atom stereocenters. The fourth-order valence-electron chi connectivity index (χ4n) is 2.47. The van der Waals surface area contributed by atoms with Gasteiger partial charge in [0.05, 0.1) is 5.69 Å². The quantitative estimate of drug-likeness (QED) is 0.794. The number of nitrogens with one attached hydrogen (secondary N) is 2. The van der Waals surface area contributed by atoms with Gasteiger partial charge in [0.25, 0.3) is 0 Å². The van der Waals surface area contributed by atoms with Gasteiger partial charge in [-0.2, -0.15) is 5.10 Å². The van der Waals surface area contributed by atoms with Crippen LogP contribution in [0.2, 0.25) is 0 Å². The molecule has 0 aromatic carbocycles. The van der Waals surface area contributed by atoms with Crippen LogP contribution in [0.25, 0.3) is 0 Å². The van der Waals surface area contributed by atoms with E-state index in [-0.39, 0.29) is 0 Å². The van der Waals surface area contributed by atoms with Gasteiger partial charge in [0, 0.05) is 11.7 Å². The van der Waals surface area contributed by atoms with E-state index < -0.39 is 0 Å². The minimum absolute atomic E-state index is 0.775. The van der Waals surface area contributed by atoms with E-state index in [0.717, 1.165) is 24.7 Å². The standard InChI is InChI=1S/C12H21N3/c1-9-12(10(2)15-14-9)7-8-13-11-5-3-4-6-11/h11,13H,3-8H2,1-2H3,(H,14,15). The van der Waals surface area contributed by atoms with Crippen molar-refractivity contribution in [2.75, 3.05) is 6.54 Å². The zero-order valence-electron chi connectivity index (χ0n) is 9.77. The number of aromatic amines is 1. The molecule has 0 amide bonds. The molecule has 84 valence electrons. The first-order valence-electron chi connectivity index (χ1n) is 6.01. The zero-order chi connectivity index (χ0) is 10.7. The summed E-state index contributed by atoms with van der Waals surface area (Å²) in [6, 6.07) is 0.775. The van der Waals surface area contributed by atoms with Crippen LogP contribution in [0.1, 0.15) is 42.6 Å². The lowest BCUT2D eigenvalue weighted by molar-refractivity contribution is 0.527. The molecule has 0 spiro atoms. The van der Waals surface area contributed by atoms with Gasteiger partial charge in [0.15, 0.2) is 0 Å². The van der Waals surface area contributed by atoms with Gasteiger partial charge in [-0.05, 0) is 45.2 Å². The lowest BCUT2D eigenvalue weighted by atomic mass is 10.1. The third kappa shape index (κ3) is 2.59. The first-order chi connectivity index (χ1) is 7.27. The molecular weight excluding hydrogens is 186 g/mol. The van der Waals surface area contributed by atoms with E-state index in [0.29, 0.717) is 0 Å². The Hall–Kier alpha value is -0.830. The molecule has 2 rings (SSSR count). The Morgan fingerprint density at radius 1 is 1.33 bits per heavy atom. The van der Waals surface area contributed by atoms with Gasteiger partial charge < -0.3 is 5.32 Å². The maximum Gasteiger partial charge on any atom is 0.0626 e. The van der Waals surface area contributed by atoms with Crippen molar-refractivity contribution in [1.82, 2.24) is 15.5 Å². The van der Waals surface area contributed by atoms with E-state index in [1.54, 1.807) is 0 Å². The highest BCUT2D eigenvalue weighted by atomic mass is 15.1. The van der Waals surface area contributed by atoms with E-state index in [2.05, 4.69) is 29.4 Å². The van der Waals surface area contributed by atoms with Gasteiger partial charge in [0.1, 0.15) is 0 Å². The summed E-state index contributed by atoms with van der Waals surface area (Å²) in [5, 5.41) is 10.9. The summed E-state index contributed by atoms with van der Waals surface area (Å²) < 4.78 is 0. The van der Waals surface area contributed by atoms with Gasteiger partial charge in [-0.25, -0.2) is 0 Å². The first-order valence-corrected chi connectivity index (χ1v) is 6.01. The molecule has 2 N–H and O–H groups in total. The summed E-state index contributed by atoms with van der Waals surface area (Å²) in [6.07, 6.45) is 6.64. The number of aromatic nitrogens is 2. The molecule has 1 aliphatic carbocycles. The number of hydrogen-bond acceptors (Lipinski definition) is 2. The van der Waals surface area contributed by atoms with Crippen molar-refractivity contribution < 1.29 is 0 Å². The van der Waals surface area contributed by atoms with Gasteiger partial charge in [-0.3, -0.25) is 5.10 Å². The molecule has 1 aromatic rings. The molecule has 15 heavy (non-hydrogen) atoms. The first kappa shape index (κ1) is 10.7. The Bertz CT molecular complexity index is 291. The number of nitrogens with zero attached hydrogens (tertiary/aromatic N) is 1. The monoisotopic (exact) mass is 207 g/mol. The highest BCUT2D eigenvalue weighted by Crippen LogP contribution is 2.17. The number of rotatable bonds is 4. The molecule has 1 aromatic heterocycles. The van der Waals surface area contributed by atoms with Crippen LogP contribution < -0.4 is 5.32 Å². The average Bonchev–Trinajstić information content (AvgIpc) is 2.82. The molecule has 1 fully saturated rings. The van der Waals surface area contributed by atoms with Crippen LogP contribution >= 0.6 is 0 Å². The fraction of sp³-hybridized carbons (Fsp3) is 0.750. The predicted molar refractivity (Wildman–Crippen MR) is 62.0 cm³/mol. The number of H-pyrrole nitrogens is 1. The Kier molecular flexibility index (Phi) is 3.41. The fourth-order valence-corrected chi connectivity index (χ4v) is 2.47. The van der Waals surface area contributed by atoms with Crippen LogP contribution in [0.5, 0.6) is 0 Å². The molecule has 0 aliphatic heterocycles. The maximum atomic E-state index is 4.21. The Balaban J connectivity index is 1.77. The van der Waals surface area contributed by atoms with Crippen molar-refractivity contribution in [2.45, 2.75) is 52.0 Å². The molecule has 0 radical (unpaired) electrons. The van der Waals surface area contributed by atoms with Crippen molar-refractivity contribution >= 4 is 0 Å². The minimum atomic E-state index is 0.775. The molecule has 0 atom stereocenters. The van der Waals surface area contributed by atoms with Crippen molar-refractivity contribution in [3.8, 4) is 0 Å². The summed E-state index contributed by atoms with van der Waals surface area (Å²) in [6.45, 7) is 5.27. The van der Waals surface area contributed by atoms with Crippen LogP contribution in [-0.2, 0) is 6.42 Å². The Morgan fingerprint density at radius 3 is 2.67 bits per heavy atom. The van der Waals surface area contributed by atoms with Crippen LogP contribution in [-0.4, -0.2) is 22.8 Å². The van der Waals surface area contributed by atoms with Gasteiger partial charge in [-0.1, -0.05) is 12.8 Å². The molecule has 1 heterocycles. The summed E-state index contributed by atoms with van der Waals surface area (Å²) in [5.41, 5.74) is 3.77. The summed E-state index contributed by atoms with van der Waals surface area (Å²) in [5.74, 6) is 0. The Labute approximate surface area is 91.7 Å². The molecule has 0 bridgehead atoms. The van der Waals surface area contributed by atoms with E-state index in [1.807, 2.05) is 0 Å². The van der Waals surface area contributed by atoms with Crippen molar-refractivity contribution in [2.24, 2.45) is 0 Å². The minimum Gasteiger partial charge on any atom is -0.314 e. The maximum absolute atomic E-state index is 4.21. The normalized spacial score (nSPS) is 17.5. The molecular formula is C12H21N3. The highest BCUT2D eigenvalue weighted by molar-refractivity contribution is 5.23. The van der Waals surface area contributed by atoms with Crippen LogP contribution in [0.3, 0.4) is 0 Å². The average molecular weight is 207 g/mol. The second-order valence-electron chi connectivity index (χ2n) is 4.60. The van der Waals surface area contributed by atoms with E-state index in [4.69, 9.17) is 0 Å². The number of hydrogen-bond donors (Lipinski definition) is 2. The molecule has 3 nitrogen and oxygen atoms in total. The lowest BCUT2D eigenvalue weighted by Gasteiger charge is -2.11. The van der Waals surface area contributed by atoms with E-state index in [9.17, 15) is 0 Å². The second kappa shape index (κ2) is 4.79. The van der Waals surface area contributed by atoms with Crippen molar-refractivity contribution in [3.63, 3.8) is 0 Å². The summed E-state index contributed by atoms with van der Waals surface area (Å²) in [4.78, 5) is 0. The highest BCUT2D eigenvalue weighted by Gasteiger charge is 2.14.